The number of aromatic nitrogens is 2. The zero-order valence-electron chi connectivity index (χ0n) is 12.9. The largest absolute Gasteiger partial charge is 0.384 e. The van der Waals surface area contributed by atoms with E-state index < -0.39 is 0 Å². The van der Waals surface area contributed by atoms with Gasteiger partial charge in [-0.2, -0.15) is 0 Å². The second kappa shape index (κ2) is 6.78. The van der Waals surface area contributed by atoms with Crippen LogP contribution in [0.15, 0.2) is 48.7 Å². The van der Waals surface area contributed by atoms with E-state index >= 15 is 0 Å². The van der Waals surface area contributed by atoms with Crippen molar-refractivity contribution in [3.05, 3.63) is 65.5 Å². The molecular weight excluding hydrogens is 302 g/mol. The van der Waals surface area contributed by atoms with Crippen LogP contribution >= 0.6 is 0 Å². The molecule has 6 heteroatoms. The highest BCUT2D eigenvalue weighted by Crippen LogP contribution is 2.20. The molecule has 3 aromatic rings. The number of nitrogens with two attached hydrogens (primary N) is 1. The summed E-state index contributed by atoms with van der Waals surface area (Å²) in [7, 11) is 0. The first-order valence-corrected chi connectivity index (χ1v) is 7.45. The number of nitrogen functional groups attached to an aromatic ring is 1. The van der Waals surface area contributed by atoms with Gasteiger partial charge in [0.05, 0.1) is 6.54 Å². The first-order chi connectivity index (χ1) is 11.7. The Morgan fingerprint density at radius 1 is 1.29 bits per heavy atom. The van der Waals surface area contributed by atoms with Gasteiger partial charge >= 0.3 is 0 Å². The highest BCUT2D eigenvalue weighted by Gasteiger charge is 2.09. The lowest BCUT2D eigenvalue weighted by Crippen LogP contribution is -2.21. The lowest BCUT2D eigenvalue weighted by Gasteiger charge is -2.02. The predicted molar refractivity (Wildman–Crippen MR) is 95.7 cm³/mol. The third-order valence-electron chi connectivity index (χ3n) is 3.65. The Labute approximate surface area is 138 Å². The number of carbonyl (C=O) groups is 1. The Bertz CT molecular complexity index is 909. The number of amides is 1. The van der Waals surface area contributed by atoms with Gasteiger partial charge in [0.1, 0.15) is 5.82 Å². The molecule has 0 unspecified atom stereocenters. The maximum Gasteiger partial charge on any atom is 0.244 e. The number of hydrogen-bond acceptors (Lipinski definition) is 4. The number of nitrogens with zero attached hydrogens (tertiary/aromatic N) is 1. The van der Waals surface area contributed by atoms with Gasteiger partial charge < -0.3 is 21.4 Å². The van der Waals surface area contributed by atoms with Crippen LogP contribution in [0.1, 0.15) is 16.8 Å². The molecule has 5 N–H and O–H groups in total. The lowest BCUT2D eigenvalue weighted by molar-refractivity contribution is -0.116. The van der Waals surface area contributed by atoms with Crippen molar-refractivity contribution in [3.8, 4) is 0 Å². The summed E-state index contributed by atoms with van der Waals surface area (Å²) < 4.78 is 0. The van der Waals surface area contributed by atoms with Crippen LogP contribution in [0.25, 0.3) is 17.0 Å². The van der Waals surface area contributed by atoms with E-state index in [1.54, 1.807) is 24.4 Å². The molecule has 0 aliphatic heterocycles. The summed E-state index contributed by atoms with van der Waals surface area (Å²) in [5, 5.41) is 11.4. The third-order valence-corrected chi connectivity index (χ3v) is 3.65. The van der Waals surface area contributed by atoms with E-state index in [4.69, 9.17) is 11.1 Å². The number of anilines is 1. The molecule has 0 radical (unpaired) electrons. The number of fused-ring (bicyclic) bond motifs is 1. The monoisotopic (exact) mass is 319 g/mol. The highest BCUT2D eigenvalue weighted by molar-refractivity contribution is 6.00. The average molecular weight is 319 g/mol. The quantitative estimate of drug-likeness (QED) is 0.428. The van der Waals surface area contributed by atoms with E-state index in [0.717, 1.165) is 27.7 Å². The lowest BCUT2D eigenvalue weighted by atomic mass is 10.1. The molecule has 2 aromatic heterocycles. The summed E-state index contributed by atoms with van der Waals surface area (Å²) in [5.74, 6) is 0.219. The van der Waals surface area contributed by atoms with Crippen molar-refractivity contribution in [2.75, 3.05) is 5.73 Å². The van der Waals surface area contributed by atoms with E-state index in [-0.39, 0.29) is 5.91 Å². The van der Waals surface area contributed by atoms with Gasteiger partial charge in [0.25, 0.3) is 0 Å². The summed E-state index contributed by atoms with van der Waals surface area (Å²) in [6, 6.07) is 11.2. The summed E-state index contributed by atoms with van der Waals surface area (Å²) in [6.45, 7) is 0.322. The number of aromatic amines is 1. The molecule has 1 amide bonds. The van der Waals surface area contributed by atoms with Gasteiger partial charge in [0, 0.05) is 40.6 Å². The smallest absolute Gasteiger partial charge is 0.244 e. The van der Waals surface area contributed by atoms with Crippen LogP contribution in [-0.4, -0.2) is 22.1 Å². The van der Waals surface area contributed by atoms with Crippen molar-refractivity contribution in [1.29, 1.82) is 5.41 Å². The first kappa shape index (κ1) is 15.5. The standard InChI is InChI=1S/C18H17N5O/c19-9-14-13-3-1-2-4-15(13)23-16(14)11-22-18(24)8-6-12-5-7-17(20)21-10-12/h1-10,19,23H,11H2,(H2,20,21)(H,22,24)/b8-6+,19-9?. The Hall–Kier alpha value is -3.41. The summed E-state index contributed by atoms with van der Waals surface area (Å²) in [4.78, 5) is 19.2. The average Bonchev–Trinajstić information content (AvgIpc) is 2.97. The molecule has 6 nitrogen and oxygen atoms in total. The Balaban J connectivity index is 1.68. The van der Waals surface area contributed by atoms with Crippen molar-refractivity contribution in [2.45, 2.75) is 6.54 Å². The van der Waals surface area contributed by atoms with Crippen LogP contribution in [-0.2, 0) is 11.3 Å². The van der Waals surface area contributed by atoms with Crippen LogP contribution in [0.2, 0.25) is 0 Å². The molecule has 120 valence electrons. The zero-order chi connectivity index (χ0) is 16.9. The molecule has 0 saturated heterocycles. The second-order valence-corrected chi connectivity index (χ2v) is 5.27. The Kier molecular flexibility index (Phi) is 4.38. The van der Waals surface area contributed by atoms with E-state index in [1.807, 2.05) is 24.3 Å². The van der Waals surface area contributed by atoms with E-state index in [0.29, 0.717) is 12.4 Å². The van der Waals surface area contributed by atoms with Crippen molar-refractivity contribution >= 4 is 34.9 Å². The van der Waals surface area contributed by atoms with E-state index in [1.165, 1.54) is 12.3 Å². The van der Waals surface area contributed by atoms with E-state index in [2.05, 4.69) is 15.3 Å². The van der Waals surface area contributed by atoms with Gasteiger partial charge in [0.2, 0.25) is 5.91 Å². The molecule has 1 aromatic carbocycles. The van der Waals surface area contributed by atoms with Crippen LogP contribution in [0.3, 0.4) is 0 Å². The minimum absolute atomic E-state index is 0.221. The summed E-state index contributed by atoms with van der Waals surface area (Å²) in [6.07, 6.45) is 6.02. The molecule has 0 bridgehead atoms. The fourth-order valence-corrected chi connectivity index (χ4v) is 2.45. The van der Waals surface area contributed by atoms with Crippen molar-refractivity contribution in [1.82, 2.24) is 15.3 Å². The third kappa shape index (κ3) is 3.33. The van der Waals surface area contributed by atoms with Gasteiger partial charge in [-0.3, -0.25) is 4.79 Å². The normalized spacial score (nSPS) is 11.0. The van der Waals surface area contributed by atoms with Crippen LogP contribution < -0.4 is 11.1 Å². The van der Waals surface area contributed by atoms with Crippen LogP contribution in [0.5, 0.6) is 0 Å². The molecule has 0 aliphatic carbocycles. The number of rotatable bonds is 5. The fraction of sp³-hybridized carbons (Fsp3) is 0.0556. The number of benzene rings is 1. The molecule has 0 saturated carbocycles. The minimum atomic E-state index is -0.221. The van der Waals surface area contributed by atoms with Crippen molar-refractivity contribution < 1.29 is 4.79 Å². The number of pyridine rings is 1. The van der Waals surface area contributed by atoms with Gasteiger partial charge in [0.15, 0.2) is 0 Å². The SMILES string of the molecule is N=Cc1c(CNC(=O)/C=C/c2ccc(N)nc2)[nH]c2ccccc12. The number of nitrogens with one attached hydrogen (secondary N) is 3. The summed E-state index contributed by atoms with van der Waals surface area (Å²) >= 11 is 0. The maximum absolute atomic E-state index is 12.0. The van der Waals surface area contributed by atoms with Gasteiger partial charge in [-0.25, -0.2) is 4.98 Å². The molecule has 0 spiro atoms. The summed E-state index contributed by atoms with van der Waals surface area (Å²) in [5.41, 5.74) is 8.86. The van der Waals surface area contributed by atoms with Gasteiger partial charge in [-0.1, -0.05) is 18.2 Å². The minimum Gasteiger partial charge on any atom is -0.384 e. The van der Waals surface area contributed by atoms with Gasteiger partial charge in [-0.15, -0.1) is 0 Å². The fourth-order valence-electron chi connectivity index (χ4n) is 2.45. The maximum atomic E-state index is 12.0. The van der Waals surface area contributed by atoms with Crippen molar-refractivity contribution in [3.63, 3.8) is 0 Å². The van der Waals surface area contributed by atoms with E-state index in [9.17, 15) is 4.79 Å². The number of carbonyl (C=O) groups excluding carboxylic acids is 1. The molecular formula is C18H17N5O. The second-order valence-electron chi connectivity index (χ2n) is 5.27. The van der Waals surface area contributed by atoms with Crippen LogP contribution in [0, 0.1) is 5.41 Å². The number of para-hydroxylation sites is 1. The molecule has 3 rings (SSSR count). The zero-order valence-corrected chi connectivity index (χ0v) is 12.9. The molecule has 24 heavy (non-hydrogen) atoms. The Morgan fingerprint density at radius 3 is 2.88 bits per heavy atom. The van der Waals surface area contributed by atoms with Crippen LogP contribution in [0.4, 0.5) is 5.82 Å². The molecule has 0 fully saturated rings. The van der Waals surface area contributed by atoms with Gasteiger partial charge in [-0.05, 0) is 29.8 Å². The molecule has 0 aliphatic rings. The van der Waals surface area contributed by atoms with Crippen molar-refractivity contribution in [2.24, 2.45) is 0 Å². The molecule has 0 atom stereocenters. The number of hydrogen-bond donors (Lipinski definition) is 4. The predicted octanol–water partition coefficient (Wildman–Crippen LogP) is 2.47. The topological polar surface area (TPSA) is 108 Å². The first-order valence-electron chi connectivity index (χ1n) is 7.45. The molecule has 2 heterocycles. The number of H-pyrrole nitrogens is 1. The Morgan fingerprint density at radius 2 is 2.12 bits per heavy atom. The highest BCUT2D eigenvalue weighted by atomic mass is 16.1.